The minimum absolute atomic E-state index is 0.118. The van der Waals surface area contributed by atoms with E-state index in [9.17, 15) is 19.4 Å². The van der Waals surface area contributed by atoms with Crippen molar-refractivity contribution in [2.75, 3.05) is 22.9 Å². The standard InChI is InChI=1S/C21H27N2.C18H33P.C13H8.2ClH.Ru/c1-14-9-16(3)20(17(4)10-14)22-7-8-23(13-22)21-18(5)11-15(2)12-19(21)6;1-4-10-16(11-5-1)19(17-12-6-2-7-13-17)18-14-8-3-9-15-18;1-3-7-12-10(5-1)9-11-6-2-4-8-13(11)12;;;/h9-13H,7-8H2,1-6H3;16-18H,1-15H2;1-8H;2*1H;/q;;;;;+1/p-1. The van der Waals surface area contributed by atoms with E-state index in [1.54, 1.807) is 0 Å². The summed E-state index contributed by atoms with van der Waals surface area (Å²) in [5, 5.41) is 0. The van der Waals surface area contributed by atoms with Crippen molar-refractivity contribution in [3.8, 4) is 11.1 Å². The molecule has 0 atom stereocenters. The van der Waals surface area contributed by atoms with Crippen LogP contribution in [0, 0.1) is 41.5 Å². The van der Waals surface area contributed by atoms with Crippen LogP contribution in [0.4, 0.5) is 11.4 Å². The van der Waals surface area contributed by atoms with Gasteiger partial charge in [0.25, 0.3) is 0 Å². The molecule has 1 saturated heterocycles. The van der Waals surface area contributed by atoms with Crippen molar-refractivity contribution in [3.05, 3.63) is 117 Å². The van der Waals surface area contributed by atoms with Crippen LogP contribution in [-0.2, 0) is 10.7 Å². The van der Waals surface area contributed by atoms with Gasteiger partial charge in [0, 0.05) is 0 Å². The Labute approximate surface area is 359 Å². The monoisotopic (exact) mass is 924 g/mol. The van der Waals surface area contributed by atoms with E-state index in [2.05, 4.69) is 124 Å². The molecular formula is C52H69Cl2N2PRu. The molecule has 4 aromatic carbocycles. The molecule has 0 amide bonds. The zero-order chi connectivity index (χ0) is 40.4. The molecule has 4 aromatic rings. The summed E-state index contributed by atoms with van der Waals surface area (Å²) in [6.07, 6.45) is 20.0. The molecule has 3 saturated carbocycles. The van der Waals surface area contributed by atoms with E-state index in [4.69, 9.17) is 0 Å². The van der Waals surface area contributed by atoms with Gasteiger partial charge in [0.05, 0.1) is 0 Å². The van der Waals surface area contributed by atoms with Crippen LogP contribution in [0.2, 0.25) is 0 Å². The van der Waals surface area contributed by atoms with Crippen molar-refractivity contribution >= 4 is 40.5 Å². The fraction of sp³-hybridized carbons (Fsp3) is 0.519. The van der Waals surface area contributed by atoms with E-state index in [0.29, 0.717) is 17.0 Å². The Kier molecular flexibility index (Phi) is 11.4. The molecule has 6 heteroatoms. The quantitative estimate of drug-likeness (QED) is 0.119. The molecule has 0 aromatic heterocycles. The Morgan fingerprint density at radius 1 is 0.466 bits per heavy atom. The van der Waals surface area contributed by atoms with Gasteiger partial charge in [0.15, 0.2) is 0 Å². The zero-order valence-corrected chi connectivity index (χ0v) is 40.5. The third-order valence-electron chi connectivity index (χ3n) is 15.4. The summed E-state index contributed by atoms with van der Waals surface area (Å²) in [7, 11) is 15.1. The summed E-state index contributed by atoms with van der Waals surface area (Å²) < 4.78 is 1.32. The molecule has 0 radical (unpaired) electrons. The number of aryl methyl sites for hydroxylation is 6. The molecule has 0 N–H and O–H groups in total. The van der Waals surface area contributed by atoms with E-state index in [1.807, 2.05) is 0 Å². The average Bonchev–Trinajstić information content (AvgIpc) is 3.80. The molecule has 5 aliphatic rings. The van der Waals surface area contributed by atoms with Gasteiger partial charge in [-0.15, -0.1) is 0 Å². The molecule has 0 bridgehead atoms. The third kappa shape index (κ3) is 6.31. The normalized spacial score (nSPS) is 21.2. The van der Waals surface area contributed by atoms with E-state index in [1.165, 1.54) is 167 Å². The topological polar surface area (TPSA) is 6.48 Å². The average molecular weight is 925 g/mol. The van der Waals surface area contributed by atoms with Crippen LogP contribution >= 0.6 is 25.0 Å². The molecule has 314 valence electrons. The van der Waals surface area contributed by atoms with Gasteiger partial charge in [-0.1, -0.05) is 0 Å². The first-order chi connectivity index (χ1) is 28.0. The van der Waals surface area contributed by atoms with Crippen LogP contribution in [0.25, 0.3) is 11.1 Å². The molecule has 0 unspecified atom stereocenters. The molecule has 58 heavy (non-hydrogen) atoms. The van der Waals surface area contributed by atoms with Crippen LogP contribution in [0.1, 0.15) is 141 Å². The molecule has 2 nitrogen and oxygen atoms in total. The predicted molar refractivity (Wildman–Crippen MR) is 256 cm³/mol. The maximum atomic E-state index is 10.1. The summed E-state index contributed by atoms with van der Waals surface area (Å²) in [6.45, 7) is 15.8. The summed E-state index contributed by atoms with van der Waals surface area (Å²) >= 11 is 0. The van der Waals surface area contributed by atoms with Gasteiger partial charge in [-0.25, -0.2) is 0 Å². The van der Waals surface area contributed by atoms with Crippen molar-refractivity contribution in [3.63, 3.8) is 0 Å². The molecule has 4 fully saturated rings. The van der Waals surface area contributed by atoms with Gasteiger partial charge in [0.1, 0.15) is 0 Å². The Morgan fingerprint density at radius 2 is 0.776 bits per heavy atom. The summed E-state index contributed by atoms with van der Waals surface area (Å²) in [6, 6.07) is 28.5. The number of fused-ring (bicyclic) bond motifs is 3. The first-order valence-electron chi connectivity index (χ1n) is 23.0. The van der Waals surface area contributed by atoms with E-state index >= 15 is 0 Å². The van der Waals surface area contributed by atoms with Gasteiger partial charge < -0.3 is 0 Å². The van der Waals surface area contributed by atoms with Crippen LogP contribution in [-0.4, -0.2) is 38.9 Å². The summed E-state index contributed by atoms with van der Waals surface area (Å²) in [4.78, 5) is 5.75. The van der Waals surface area contributed by atoms with Crippen molar-refractivity contribution in [1.29, 1.82) is 0 Å². The van der Waals surface area contributed by atoms with E-state index < -0.39 is 16.3 Å². The van der Waals surface area contributed by atoms with E-state index in [0.717, 1.165) is 13.1 Å². The second kappa shape index (κ2) is 16.0. The number of rotatable bonds is 7. The molecular weight excluding hydrogens is 856 g/mol. The van der Waals surface area contributed by atoms with Gasteiger partial charge in [-0.05, 0) is 0 Å². The van der Waals surface area contributed by atoms with Crippen molar-refractivity contribution < 1.29 is 10.7 Å². The third-order valence-corrected chi connectivity index (χ3v) is 55.4. The molecule has 4 aliphatic carbocycles. The van der Waals surface area contributed by atoms with Crippen LogP contribution in [0.5, 0.6) is 0 Å². The Balaban J connectivity index is 1.52. The van der Waals surface area contributed by atoms with Gasteiger partial charge in [-0.2, -0.15) is 0 Å². The van der Waals surface area contributed by atoms with Crippen LogP contribution in [0.15, 0.2) is 72.8 Å². The Hall–Kier alpha value is -2.02. The van der Waals surface area contributed by atoms with Crippen molar-refractivity contribution in [2.24, 2.45) is 0 Å². The maximum absolute atomic E-state index is 10.1. The van der Waals surface area contributed by atoms with E-state index in [-0.39, 0.29) is 4.76 Å². The second-order valence-electron chi connectivity index (χ2n) is 19.1. The van der Waals surface area contributed by atoms with Gasteiger partial charge in [-0.3, -0.25) is 0 Å². The van der Waals surface area contributed by atoms with Crippen LogP contribution in [0.3, 0.4) is 0 Å². The molecule has 0 spiro atoms. The first-order valence-corrected chi connectivity index (χ1v) is 34.0. The number of nitrogens with zero attached hydrogens (tertiary/aromatic N) is 2. The first kappa shape index (κ1) is 41.3. The van der Waals surface area contributed by atoms with Crippen molar-refractivity contribution in [2.45, 2.75) is 160 Å². The zero-order valence-electron chi connectivity index (χ0n) is 36.3. The Morgan fingerprint density at radius 3 is 1.10 bits per heavy atom. The molecule has 1 heterocycles. The second-order valence-corrected chi connectivity index (χ2v) is 47.6. The molecule has 1 aliphatic heterocycles. The molecule has 9 rings (SSSR count). The van der Waals surface area contributed by atoms with Crippen LogP contribution < -0.4 is 9.80 Å². The van der Waals surface area contributed by atoms with Gasteiger partial charge in [0.2, 0.25) is 0 Å². The number of hydrogen-bond donors (Lipinski definition) is 0. The fourth-order valence-corrected chi connectivity index (χ4v) is 66.1. The number of hydrogen-bond acceptors (Lipinski definition) is 2. The fourth-order valence-electron chi connectivity index (χ4n) is 13.8. The van der Waals surface area contributed by atoms with Crippen molar-refractivity contribution in [1.82, 2.24) is 0 Å². The number of benzene rings is 4. The number of halogens is 2. The Bertz CT molecular complexity index is 2070. The van der Waals surface area contributed by atoms with Gasteiger partial charge >= 0.3 is 362 Å². The SMILES string of the molecule is Cc1cc(C)c(N2CCN(c3c(C)cc(C)cc3C)[CH]2[Ru]([Cl])([Cl])(=[C]2c3ccccc3-c3ccccc32)[PH](C2CCCCC2)(C2CCCCC2)C2CCCCC2)c(C)c1. The minimum atomic E-state index is -5.18. The summed E-state index contributed by atoms with van der Waals surface area (Å²) in [5.41, 5.74) is 15.4. The predicted octanol–water partition coefficient (Wildman–Crippen LogP) is 15.1. The number of anilines is 2. The summed E-state index contributed by atoms with van der Waals surface area (Å²) in [5.74, 6) is 0.